The van der Waals surface area contributed by atoms with Crippen LogP contribution in [0, 0.1) is 6.92 Å². The third kappa shape index (κ3) is 4.08. The fourth-order valence-corrected chi connectivity index (χ4v) is 1.50. The first-order chi connectivity index (χ1) is 8.40. The third-order valence-electron chi connectivity index (χ3n) is 2.57. The quantitative estimate of drug-likeness (QED) is 0.837. The summed E-state index contributed by atoms with van der Waals surface area (Å²) in [5.41, 5.74) is 2.72. The zero-order valence-corrected chi connectivity index (χ0v) is 10.9. The molecule has 0 saturated heterocycles. The molecule has 2 N–H and O–H groups in total. The largest absolute Gasteiger partial charge is 0.481 e. The van der Waals surface area contributed by atoms with Crippen molar-refractivity contribution < 1.29 is 14.7 Å². The Morgan fingerprint density at radius 2 is 1.94 bits per heavy atom. The van der Waals surface area contributed by atoms with Crippen LogP contribution in [0.2, 0.25) is 0 Å². The van der Waals surface area contributed by atoms with Crippen molar-refractivity contribution in [1.82, 2.24) is 0 Å². The summed E-state index contributed by atoms with van der Waals surface area (Å²) in [6, 6.07) is 5.69. The van der Waals surface area contributed by atoms with E-state index in [9.17, 15) is 9.59 Å². The predicted molar refractivity (Wildman–Crippen MR) is 71.0 cm³/mol. The van der Waals surface area contributed by atoms with Gasteiger partial charge in [-0.1, -0.05) is 0 Å². The lowest BCUT2D eigenvalue weighted by molar-refractivity contribution is -0.138. The number of rotatable bonds is 5. The summed E-state index contributed by atoms with van der Waals surface area (Å²) in [6.45, 7) is 1.90. The van der Waals surface area contributed by atoms with E-state index in [-0.39, 0.29) is 18.7 Å². The summed E-state index contributed by atoms with van der Waals surface area (Å²) in [7, 11) is 3.89. The minimum atomic E-state index is -0.968. The van der Waals surface area contributed by atoms with E-state index in [1.54, 1.807) is 0 Å². The van der Waals surface area contributed by atoms with Crippen molar-refractivity contribution in [3.63, 3.8) is 0 Å². The van der Waals surface area contributed by atoms with Gasteiger partial charge >= 0.3 is 5.97 Å². The first-order valence-electron chi connectivity index (χ1n) is 5.70. The fraction of sp³-hybridized carbons (Fsp3) is 0.385. The molecule has 0 aliphatic carbocycles. The Kier molecular flexibility index (Phi) is 4.71. The number of carbonyl (C=O) groups is 2. The molecular weight excluding hydrogens is 232 g/mol. The Bertz CT molecular complexity index is 456. The van der Waals surface area contributed by atoms with E-state index in [2.05, 4.69) is 5.32 Å². The van der Waals surface area contributed by atoms with Crippen molar-refractivity contribution in [3.05, 3.63) is 23.8 Å². The Hall–Kier alpha value is -2.04. The smallest absolute Gasteiger partial charge is 0.303 e. The monoisotopic (exact) mass is 250 g/mol. The van der Waals surface area contributed by atoms with Crippen LogP contribution in [0.25, 0.3) is 0 Å². The molecule has 1 aromatic carbocycles. The van der Waals surface area contributed by atoms with E-state index < -0.39 is 5.97 Å². The summed E-state index contributed by atoms with van der Waals surface area (Å²) >= 11 is 0. The molecular formula is C13H18N2O3. The first kappa shape index (κ1) is 14.0. The number of hydrogen-bond acceptors (Lipinski definition) is 3. The zero-order chi connectivity index (χ0) is 13.7. The van der Waals surface area contributed by atoms with Crippen molar-refractivity contribution in [2.24, 2.45) is 0 Å². The number of aliphatic carboxylic acids is 1. The molecule has 5 heteroatoms. The predicted octanol–water partition coefficient (Wildman–Crippen LogP) is 1.86. The van der Waals surface area contributed by atoms with Crippen LogP contribution in [0.1, 0.15) is 18.4 Å². The summed E-state index contributed by atoms with van der Waals surface area (Å²) in [6.07, 6.45) is -0.162. The van der Waals surface area contributed by atoms with Gasteiger partial charge in [-0.2, -0.15) is 0 Å². The molecule has 18 heavy (non-hydrogen) atoms. The minimum Gasteiger partial charge on any atom is -0.481 e. The highest BCUT2D eigenvalue weighted by Gasteiger charge is 2.08. The standard InChI is InChI=1S/C13H18N2O3/c1-9-8-10(15(2)3)4-5-11(9)14-12(16)6-7-13(17)18/h4-5,8H,6-7H2,1-3H3,(H,14,16)(H,17,18). The molecule has 0 bridgehead atoms. The van der Waals surface area contributed by atoms with E-state index in [4.69, 9.17) is 5.11 Å². The van der Waals surface area contributed by atoms with Gasteiger partial charge in [0.2, 0.25) is 5.91 Å². The molecule has 98 valence electrons. The van der Waals surface area contributed by atoms with Crippen molar-refractivity contribution >= 4 is 23.3 Å². The van der Waals surface area contributed by atoms with Crippen LogP contribution in [0.3, 0.4) is 0 Å². The van der Waals surface area contributed by atoms with Crippen LogP contribution in [0.15, 0.2) is 18.2 Å². The number of anilines is 2. The summed E-state index contributed by atoms with van der Waals surface area (Å²) < 4.78 is 0. The van der Waals surface area contributed by atoms with Crippen LogP contribution in [0.4, 0.5) is 11.4 Å². The average Bonchev–Trinajstić information content (AvgIpc) is 2.29. The van der Waals surface area contributed by atoms with Crippen LogP contribution in [-0.2, 0) is 9.59 Å². The maximum absolute atomic E-state index is 11.5. The van der Waals surface area contributed by atoms with Gasteiger partial charge < -0.3 is 15.3 Å². The highest BCUT2D eigenvalue weighted by Crippen LogP contribution is 2.21. The molecule has 0 heterocycles. The molecule has 0 aliphatic rings. The second-order valence-corrected chi connectivity index (χ2v) is 4.34. The summed E-state index contributed by atoms with van der Waals surface area (Å²) in [5.74, 6) is -1.25. The number of amides is 1. The van der Waals surface area contributed by atoms with Gasteiger partial charge in [0.1, 0.15) is 0 Å². The number of benzene rings is 1. The van der Waals surface area contributed by atoms with Crippen LogP contribution in [-0.4, -0.2) is 31.1 Å². The molecule has 0 aliphatic heterocycles. The normalized spacial score (nSPS) is 9.94. The lowest BCUT2D eigenvalue weighted by Crippen LogP contribution is -2.14. The molecule has 1 amide bonds. The maximum Gasteiger partial charge on any atom is 0.303 e. The molecule has 1 rings (SSSR count). The summed E-state index contributed by atoms with van der Waals surface area (Å²) in [5, 5.41) is 11.2. The number of carbonyl (C=O) groups excluding carboxylic acids is 1. The fourth-order valence-electron chi connectivity index (χ4n) is 1.50. The molecule has 0 unspecified atom stereocenters. The van der Waals surface area contributed by atoms with Gasteiger partial charge in [-0.3, -0.25) is 9.59 Å². The Morgan fingerprint density at radius 1 is 1.28 bits per heavy atom. The van der Waals surface area contributed by atoms with Crippen molar-refractivity contribution in [3.8, 4) is 0 Å². The molecule has 5 nitrogen and oxygen atoms in total. The second-order valence-electron chi connectivity index (χ2n) is 4.34. The van der Waals surface area contributed by atoms with E-state index in [0.29, 0.717) is 0 Å². The van der Waals surface area contributed by atoms with Gasteiger partial charge in [-0.15, -0.1) is 0 Å². The van der Waals surface area contributed by atoms with Crippen LogP contribution in [0.5, 0.6) is 0 Å². The Morgan fingerprint density at radius 3 is 2.44 bits per heavy atom. The third-order valence-corrected chi connectivity index (χ3v) is 2.57. The molecule has 0 spiro atoms. The molecule has 0 aromatic heterocycles. The van der Waals surface area contributed by atoms with Gasteiger partial charge in [-0.25, -0.2) is 0 Å². The topological polar surface area (TPSA) is 69.6 Å². The van der Waals surface area contributed by atoms with E-state index in [1.807, 2.05) is 44.1 Å². The Labute approximate surface area is 106 Å². The lowest BCUT2D eigenvalue weighted by Gasteiger charge is -2.15. The van der Waals surface area contributed by atoms with Gasteiger partial charge in [0.25, 0.3) is 0 Å². The van der Waals surface area contributed by atoms with Crippen molar-refractivity contribution in [1.29, 1.82) is 0 Å². The van der Waals surface area contributed by atoms with Crippen LogP contribution >= 0.6 is 0 Å². The number of nitrogens with one attached hydrogen (secondary N) is 1. The van der Waals surface area contributed by atoms with Crippen LogP contribution < -0.4 is 10.2 Å². The van der Waals surface area contributed by atoms with Crippen molar-refractivity contribution in [2.75, 3.05) is 24.3 Å². The van der Waals surface area contributed by atoms with Gasteiger partial charge in [0.05, 0.1) is 6.42 Å². The number of aryl methyl sites for hydroxylation is 1. The molecule has 0 atom stereocenters. The second kappa shape index (κ2) is 6.05. The first-order valence-corrected chi connectivity index (χ1v) is 5.70. The highest BCUT2D eigenvalue weighted by atomic mass is 16.4. The number of hydrogen-bond donors (Lipinski definition) is 2. The summed E-state index contributed by atoms with van der Waals surface area (Å²) in [4.78, 5) is 23.8. The van der Waals surface area contributed by atoms with Gasteiger partial charge in [0, 0.05) is 31.9 Å². The number of carboxylic acids is 1. The maximum atomic E-state index is 11.5. The molecule has 0 fully saturated rings. The average molecular weight is 250 g/mol. The van der Waals surface area contributed by atoms with E-state index in [0.717, 1.165) is 16.9 Å². The van der Waals surface area contributed by atoms with E-state index in [1.165, 1.54) is 0 Å². The van der Waals surface area contributed by atoms with Gasteiger partial charge in [0.15, 0.2) is 0 Å². The SMILES string of the molecule is Cc1cc(N(C)C)ccc1NC(=O)CCC(=O)O. The lowest BCUT2D eigenvalue weighted by atomic mass is 10.1. The van der Waals surface area contributed by atoms with E-state index >= 15 is 0 Å². The molecule has 1 aromatic rings. The zero-order valence-electron chi connectivity index (χ0n) is 10.9. The number of carboxylic acid groups (broad SMARTS) is 1. The van der Waals surface area contributed by atoms with Crippen molar-refractivity contribution in [2.45, 2.75) is 19.8 Å². The molecule has 0 saturated carbocycles. The molecule has 0 radical (unpaired) electrons. The number of nitrogens with zero attached hydrogens (tertiary/aromatic N) is 1. The minimum absolute atomic E-state index is 0.00972. The van der Waals surface area contributed by atoms with Gasteiger partial charge in [-0.05, 0) is 30.7 Å². The Balaban J connectivity index is 2.68. The highest BCUT2D eigenvalue weighted by molar-refractivity contribution is 5.93.